The van der Waals surface area contributed by atoms with Gasteiger partial charge in [-0.05, 0) is 13.8 Å². The summed E-state index contributed by atoms with van der Waals surface area (Å²) in [5, 5.41) is 60.9. The van der Waals surface area contributed by atoms with E-state index >= 15 is 0 Å². The van der Waals surface area contributed by atoms with E-state index in [0.717, 1.165) is 0 Å². The van der Waals surface area contributed by atoms with Crippen LogP contribution in [0.2, 0.25) is 0 Å². The molecule has 0 saturated carbocycles. The molecule has 0 heterocycles. The number of nitrogens with zero attached hydrogens (tertiary/aromatic N) is 2. The second kappa shape index (κ2) is 24.6. The fourth-order valence-electron chi connectivity index (χ4n) is 0.605. The molecule has 0 aromatic carbocycles. The number of amidine groups is 2. The van der Waals surface area contributed by atoms with E-state index in [-0.39, 0.29) is 41.0 Å². The molecule has 0 saturated heterocycles. The Hall–Kier alpha value is -3.60. The van der Waals surface area contributed by atoms with Crippen LogP contribution in [-0.4, -0.2) is 47.3 Å². The van der Waals surface area contributed by atoms with Crippen molar-refractivity contribution in [2.45, 2.75) is 13.8 Å². The Morgan fingerprint density at radius 3 is 1.11 bits per heavy atom. The van der Waals surface area contributed by atoms with Gasteiger partial charge in [-0.2, -0.15) is 0 Å². The van der Waals surface area contributed by atoms with Gasteiger partial charge < -0.3 is 51.6 Å². The van der Waals surface area contributed by atoms with E-state index in [1.165, 1.54) is 0 Å². The Balaban J connectivity index is -0.0000000843. The maximum atomic E-state index is 8.25. The second-order valence-corrected chi connectivity index (χ2v) is 3.05. The van der Waals surface area contributed by atoms with Crippen LogP contribution in [0.1, 0.15) is 13.8 Å². The first-order valence-electron chi connectivity index (χ1n) is 6.07. The first-order valence-corrected chi connectivity index (χ1v) is 6.07. The molecule has 0 unspecified atom stereocenters. The summed E-state index contributed by atoms with van der Waals surface area (Å²) in [6.45, 7) is 4.30. The zero-order valence-corrected chi connectivity index (χ0v) is 15.0. The topological polar surface area (TPSA) is 322 Å². The molecular formula is C8H20CuN10O8. The number of hydrogen-bond acceptors (Lipinski definition) is 12. The SMILES string of the molecule is CCOC(=N)NC(=N)N.CCOC(=N)NC(=N)N.O=[N+]([O-])[O-].O=[N+]([O-])[O-].[Cu+2]. The fraction of sp³-hybridized carbons (Fsp3) is 0.500. The third-order valence-corrected chi connectivity index (χ3v) is 1.07. The molecule has 0 aromatic heterocycles. The summed E-state index contributed by atoms with van der Waals surface area (Å²) in [4.78, 5) is 16.5. The zero-order valence-electron chi connectivity index (χ0n) is 14.0. The van der Waals surface area contributed by atoms with Crippen LogP contribution in [0, 0.1) is 52.3 Å². The molecule has 27 heavy (non-hydrogen) atoms. The molecule has 0 aromatic rings. The molecule has 0 atom stereocenters. The monoisotopic (exact) mass is 447 g/mol. The number of rotatable bonds is 2. The average Bonchev–Trinajstić information content (AvgIpc) is 2.36. The van der Waals surface area contributed by atoms with E-state index in [4.69, 9.17) is 63.7 Å². The van der Waals surface area contributed by atoms with Crippen LogP contribution in [0.3, 0.4) is 0 Å². The van der Waals surface area contributed by atoms with Crippen molar-refractivity contribution < 1.29 is 36.7 Å². The van der Waals surface area contributed by atoms with Crippen LogP contribution in [-0.2, 0) is 26.5 Å². The maximum Gasteiger partial charge on any atom is 2.00 e. The van der Waals surface area contributed by atoms with Crippen LogP contribution in [0.25, 0.3) is 0 Å². The smallest absolute Gasteiger partial charge is 0.465 e. The standard InChI is InChI=1S/2C4H10N4O.Cu.2NO3/c2*1-2-9-4(7)8-3(5)6;;2*2-1(3)4/h2*2H2,1H3,(H5,5,6,7,8);;;/q;;+2;2*-1. The van der Waals surface area contributed by atoms with Gasteiger partial charge in [-0.3, -0.25) is 32.3 Å². The Kier molecular flexibility index (Phi) is 31.7. The van der Waals surface area contributed by atoms with E-state index in [9.17, 15) is 0 Å². The van der Waals surface area contributed by atoms with E-state index < -0.39 is 10.2 Å². The van der Waals surface area contributed by atoms with Crippen molar-refractivity contribution in [3.05, 3.63) is 30.6 Å². The molecular weight excluding hydrogens is 428 g/mol. The molecule has 0 aliphatic heterocycles. The summed E-state index contributed by atoms with van der Waals surface area (Å²) in [5.74, 6) is -0.568. The number of nitrogens with one attached hydrogen (secondary N) is 6. The van der Waals surface area contributed by atoms with Gasteiger partial charge in [0.1, 0.15) is 0 Å². The second-order valence-electron chi connectivity index (χ2n) is 3.05. The Morgan fingerprint density at radius 2 is 1.00 bits per heavy atom. The Morgan fingerprint density at radius 1 is 0.815 bits per heavy atom. The Labute approximate surface area is 162 Å². The van der Waals surface area contributed by atoms with Crippen molar-refractivity contribution in [3.63, 3.8) is 0 Å². The number of guanidine groups is 2. The largest absolute Gasteiger partial charge is 2.00 e. The third kappa shape index (κ3) is 86.2. The Bertz CT molecular complexity index is 426. The van der Waals surface area contributed by atoms with Gasteiger partial charge >= 0.3 is 17.1 Å². The molecule has 0 bridgehead atoms. The van der Waals surface area contributed by atoms with Crippen molar-refractivity contribution in [1.29, 1.82) is 21.6 Å². The van der Waals surface area contributed by atoms with Crippen molar-refractivity contribution in [1.82, 2.24) is 10.6 Å². The van der Waals surface area contributed by atoms with Crippen LogP contribution in [0.15, 0.2) is 0 Å². The minimum atomic E-state index is -1.75. The van der Waals surface area contributed by atoms with Crippen molar-refractivity contribution >= 4 is 24.0 Å². The summed E-state index contributed by atoms with van der Waals surface area (Å²) in [6.07, 6.45) is 0. The van der Waals surface area contributed by atoms with Crippen LogP contribution >= 0.6 is 0 Å². The number of nitrogens with two attached hydrogens (primary N) is 2. The minimum absolute atomic E-state index is 0. The minimum Gasteiger partial charge on any atom is -0.465 e. The van der Waals surface area contributed by atoms with Gasteiger partial charge in [0.25, 0.3) is 12.0 Å². The van der Waals surface area contributed by atoms with Crippen molar-refractivity contribution in [2.75, 3.05) is 13.2 Å². The van der Waals surface area contributed by atoms with E-state index in [2.05, 4.69) is 20.1 Å². The predicted octanol–water partition coefficient (Wildman–Crippen LogP) is -1.60. The molecule has 1 radical (unpaired) electrons. The van der Waals surface area contributed by atoms with E-state index in [1.807, 2.05) is 0 Å². The molecule has 0 spiro atoms. The van der Waals surface area contributed by atoms with Gasteiger partial charge in [-0.1, -0.05) is 0 Å². The fourth-order valence-corrected chi connectivity index (χ4v) is 0.605. The van der Waals surface area contributed by atoms with Gasteiger partial charge in [0, 0.05) is 0 Å². The normalized spacial score (nSPS) is 7.19. The van der Waals surface area contributed by atoms with Gasteiger partial charge in [-0.25, -0.2) is 0 Å². The molecule has 0 aliphatic rings. The molecule has 18 nitrogen and oxygen atoms in total. The van der Waals surface area contributed by atoms with Crippen LogP contribution in [0.4, 0.5) is 0 Å². The maximum absolute atomic E-state index is 8.25. The quantitative estimate of drug-likeness (QED) is 0.0778. The first-order chi connectivity index (χ1) is 11.8. The molecule has 10 N–H and O–H groups in total. The van der Waals surface area contributed by atoms with E-state index in [0.29, 0.717) is 13.2 Å². The molecule has 0 amide bonds. The summed E-state index contributed by atoms with van der Waals surface area (Å²) in [6, 6.07) is -0.380. The molecule has 19 heteroatoms. The van der Waals surface area contributed by atoms with Crippen molar-refractivity contribution in [3.8, 4) is 0 Å². The van der Waals surface area contributed by atoms with Gasteiger partial charge in [0.15, 0.2) is 11.9 Å². The first kappa shape index (κ1) is 34.7. The van der Waals surface area contributed by atoms with Crippen LogP contribution in [0.5, 0.6) is 0 Å². The number of ether oxygens (including phenoxy) is 2. The summed E-state index contributed by atoms with van der Waals surface area (Å²) >= 11 is 0. The van der Waals surface area contributed by atoms with Crippen molar-refractivity contribution in [2.24, 2.45) is 11.5 Å². The summed E-state index contributed by atoms with van der Waals surface area (Å²) < 4.78 is 9.21. The molecule has 0 rings (SSSR count). The summed E-state index contributed by atoms with van der Waals surface area (Å²) in [5.41, 5.74) is 9.75. The van der Waals surface area contributed by atoms with Crippen LogP contribution < -0.4 is 22.1 Å². The predicted molar refractivity (Wildman–Crippen MR) is 89.5 cm³/mol. The van der Waals surface area contributed by atoms with E-state index in [1.54, 1.807) is 13.8 Å². The third-order valence-electron chi connectivity index (χ3n) is 1.07. The van der Waals surface area contributed by atoms with Gasteiger partial charge in [-0.15, -0.1) is 0 Å². The van der Waals surface area contributed by atoms with Gasteiger partial charge in [0.2, 0.25) is 0 Å². The molecule has 0 fully saturated rings. The summed E-state index contributed by atoms with van der Waals surface area (Å²) in [7, 11) is 0. The zero-order chi connectivity index (χ0) is 21.7. The number of hydrogen-bond donors (Lipinski definition) is 8. The van der Waals surface area contributed by atoms with Gasteiger partial charge in [0.05, 0.1) is 23.4 Å². The average molecular weight is 448 g/mol. The molecule has 161 valence electrons. The molecule has 0 aliphatic carbocycles.